The summed E-state index contributed by atoms with van der Waals surface area (Å²) in [6.45, 7) is 0. The van der Waals surface area contributed by atoms with Gasteiger partial charge in [-0.3, -0.25) is 0 Å². The summed E-state index contributed by atoms with van der Waals surface area (Å²) in [7, 11) is 0. The second kappa shape index (κ2) is 3.70. The summed E-state index contributed by atoms with van der Waals surface area (Å²) in [5, 5.41) is 0. The van der Waals surface area contributed by atoms with E-state index in [2.05, 4.69) is 24.5 Å². The van der Waals surface area contributed by atoms with Crippen molar-refractivity contribution in [3.8, 4) is 11.8 Å². The van der Waals surface area contributed by atoms with Gasteiger partial charge < -0.3 is 0 Å². The van der Waals surface area contributed by atoms with Crippen LogP contribution in [-0.4, -0.2) is 4.33 Å². The highest BCUT2D eigenvalue weighted by molar-refractivity contribution is 7.80. The van der Waals surface area contributed by atoms with E-state index in [1.807, 2.05) is 24.3 Å². The topological polar surface area (TPSA) is 0 Å². The van der Waals surface area contributed by atoms with Crippen molar-refractivity contribution in [2.24, 2.45) is 5.92 Å². The van der Waals surface area contributed by atoms with Crippen LogP contribution >= 0.6 is 35.8 Å². The van der Waals surface area contributed by atoms with Gasteiger partial charge in [0.15, 0.2) is 0 Å². The summed E-state index contributed by atoms with van der Waals surface area (Å²) in [6.07, 6.45) is 0.772. The molecule has 0 nitrogen and oxygen atoms in total. The zero-order valence-electron chi connectivity index (χ0n) is 7.30. The van der Waals surface area contributed by atoms with Gasteiger partial charge in [0.25, 0.3) is 0 Å². The van der Waals surface area contributed by atoms with Crippen molar-refractivity contribution in [1.29, 1.82) is 0 Å². The second-order valence-electron chi connectivity index (χ2n) is 3.33. The maximum absolute atomic E-state index is 5.85. The van der Waals surface area contributed by atoms with Crippen LogP contribution in [0.15, 0.2) is 29.2 Å². The van der Waals surface area contributed by atoms with E-state index in [9.17, 15) is 0 Å². The first-order valence-electron chi connectivity index (χ1n) is 4.26. The molecule has 0 aromatic heterocycles. The van der Waals surface area contributed by atoms with Crippen molar-refractivity contribution in [2.45, 2.75) is 15.6 Å². The van der Waals surface area contributed by atoms with Gasteiger partial charge in [-0.1, -0.05) is 11.8 Å². The Kier molecular flexibility index (Phi) is 2.70. The lowest BCUT2D eigenvalue weighted by atomic mass is 10.2. The standard InChI is InChI=1S/C11H8Cl2S/c12-11(13)7-9(11)4-1-8-2-5-10(14)6-3-8/h2-3,5-6,9,14H,7H2. The molecule has 1 aromatic rings. The maximum atomic E-state index is 5.85. The van der Waals surface area contributed by atoms with E-state index in [-0.39, 0.29) is 5.92 Å². The van der Waals surface area contributed by atoms with Crippen molar-refractivity contribution in [3.63, 3.8) is 0 Å². The van der Waals surface area contributed by atoms with Crippen LogP contribution in [0, 0.1) is 17.8 Å². The van der Waals surface area contributed by atoms with E-state index < -0.39 is 4.33 Å². The van der Waals surface area contributed by atoms with Crippen molar-refractivity contribution < 1.29 is 0 Å². The Morgan fingerprint density at radius 3 is 2.36 bits per heavy atom. The Morgan fingerprint density at radius 2 is 1.86 bits per heavy atom. The summed E-state index contributed by atoms with van der Waals surface area (Å²) >= 11 is 15.9. The highest BCUT2D eigenvalue weighted by atomic mass is 35.5. The van der Waals surface area contributed by atoms with Crippen LogP contribution in [0.5, 0.6) is 0 Å². The summed E-state index contributed by atoms with van der Waals surface area (Å²) in [5.74, 6) is 6.21. The molecule has 0 N–H and O–H groups in total. The molecule has 0 amide bonds. The molecule has 3 heteroatoms. The molecule has 0 bridgehead atoms. The van der Waals surface area contributed by atoms with Gasteiger partial charge in [0.05, 0.1) is 5.92 Å². The third kappa shape index (κ3) is 2.39. The zero-order valence-corrected chi connectivity index (χ0v) is 9.70. The monoisotopic (exact) mass is 242 g/mol. The maximum Gasteiger partial charge on any atom is 0.133 e. The van der Waals surface area contributed by atoms with Gasteiger partial charge in [-0.2, -0.15) is 0 Å². The summed E-state index contributed by atoms with van der Waals surface area (Å²) in [5.41, 5.74) is 0.971. The third-order valence-corrected chi connectivity index (χ3v) is 3.22. The number of hydrogen-bond donors (Lipinski definition) is 1. The van der Waals surface area contributed by atoms with E-state index >= 15 is 0 Å². The predicted octanol–water partition coefficient (Wildman–Crippen LogP) is 3.52. The normalized spacial score (nSPS) is 22.4. The molecule has 1 atom stereocenters. The second-order valence-corrected chi connectivity index (χ2v) is 5.39. The van der Waals surface area contributed by atoms with Crippen LogP contribution in [0.1, 0.15) is 12.0 Å². The molecule has 0 radical (unpaired) electrons. The van der Waals surface area contributed by atoms with Crippen molar-refractivity contribution in [1.82, 2.24) is 0 Å². The van der Waals surface area contributed by atoms with Crippen LogP contribution in [0.25, 0.3) is 0 Å². The SMILES string of the molecule is Sc1ccc(C#CC2CC2(Cl)Cl)cc1. The highest BCUT2D eigenvalue weighted by Crippen LogP contribution is 2.52. The van der Waals surface area contributed by atoms with Gasteiger partial charge in [-0.15, -0.1) is 35.8 Å². The fourth-order valence-electron chi connectivity index (χ4n) is 1.09. The third-order valence-electron chi connectivity index (χ3n) is 2.08. The van der Waals surface area contributed by atoms with Crippen molar-refractivity contribution >= 4 is 35.8 Å². The van der Waals surface area contributed by atoms with Gasteiger partial charge >= 0.3 is 0 Å². The van der Waals surface area contributed by atoms with Gasteiger partial charge in [-0.25, -0.2) is 0 Å². The average Bonchev–Trinajstić information content (AvgIpc) is 2.73. The number of halogens is 2. The molecular weight excluding hydrogens is 235 g/mol. The number of hydrogen-bond acceptors (Lipinski definition) is 1. The first kappa shape index (κ1) is 10.2. The lowest BCUT2D eigenvalue weighted by Gasteiger charge is -1.91. The van der Waals surface area contributed by atoms with Crippen LogP contribution in [-0.2, 0) is 0 Å². The number of benzene rings is 1. The van der Waals surface area contributed by atoms with Gasteiger partial charge in [0.2, 0.25) is 0 Å². The van der Waals surface area contributed by atoms with E-state index in [0.717, 1.165) is 16.9 Å². The van der Waals surface area contributed by atoms with Crippen LogP contribution in [0.4, 0.5) is 0 Å². The highest BCUT2D eigenvalue weighted by Gasteiger charge is 2.50. The van der Waals surface area contributed by atoms with Crippen LogP contribution < -0.4 is 0 Å². The lowest BCUT2D eigenvalue weighted by Crippen LogP contribution is -1.85. The van der Waals surface area contributed by atoms with E-state index in [1.165, 1.54) is 0 Å². The average molecular weight is 243 g/mol. The Morgan fingerprint density at radius 1 is 1.29 bits per heavy atom. The fraction of sp³-hybridized carbons (Fsp3) is 0.273. The van der Waals surface area contributed by atoms with Crippen molar-refractivity contribution in [3.05, 3.63) is 29.8 Å². The smallest absolute Gasteiger partial charge is 0.133 e. The van der Waals surface area contributed by atoms with Gasteiger partial charge in [-0.05, 0) is 30.7 Å². The molecule has 14 heavy (non-hydrogen) atoms. The Bertz CT molecular complexity index is 398. The number of rotatable bonds is 0. The van der Waals surface area contributed by atoms with E-state index in [1.54, 1.807) is 0 Å². The molecule has 1 unspecified atom stereocenters. The Labute approximate surface area is 99.0 Å². The Hall–Kier alpha value is -0.290. The minimum atomic E-state index is -0.601. The molecule has 0 aliphatic heterocycles. The fourth-order valence-corrected chi connectivity index (χ4v) is 1.65. The summed E-state index contributed by atoms with van der Waals surface area (Å²) in [6, 6.07) is 7.69. The zero-order chi connectivity index (χ0) is 10.2. The van der Waals surface area contributed by atoms with Gasteiger partial charge in [0, 0.05) is 10.5 Å². The molecule has 72 valence electrons. The number of alkyl halides is 2. The molecule has 1 fully saturated rings. The largest absolute Gasteiger partial charge is 0.143 e. The number of thiol groups is 1. The molecular formula is C11H8Cl2S. The predicted molar refractivity (Wildman–Crippen MR) is 63.1 cm³/mol. The van der Waals surface area contributed by atoms with E-state index in [4.69, 9.17) is 23.2 Å². The summed E-state index contributed by atoms with van der Waals surface area (Å²) < 4.78 is -0.601. The molecule has 0 saturated heterocycles. The molecule has 0 spiro atoms. The molecule has 2 rings (SSSR count). The summed E-state index contributed by atoms with van der Waals surface area (Å²) in [4.78, 5) is 0.936. The van der Waals surface area contributed by atoms with Crippen molar-refractivity contribution in [2.75, 3.05) is 0 Å². The quantitative estimate of drug-likeness (QED) is 0.402. The van der Waals surface area contributed by atoms with Crippen LogP contribution in [0.3, 0.4) is 0 Å². The molecule has 1 aliphatic rings. The molecule has 0 heterocycles. The minimum absolute atomic E-state index is 0.126. The van der Waals surface area contributed by atoms with Crippen LogP contribution in [0.2, 0.25) is 0 Å². The van der Waals surface area contributed by atoms with Gasteiger partial charge in [0.1, 0.15) is 4.33 Å². The Balaban J connectivity index is 2.08. The molecule has 1 aliphatic carbocycles. The molecule has 1 aromatic carbocycles. The first-order valence-corrected chi connectivity index (χ1v) is 5.47. The first-order chi connectivity index (χ1) is 6.58. The minimum Gasteiger partial charge on any atom is -0.143 e. The molecule has 1 saturated carbocycles. The lowest BCUT2D eigenvalue weighted by molar-refractivity contribution is 1.15. The van der Waals surface area contributed by atoms with E-state index in [0.29, 0.717) is 0 Å².